The third-order valence-electron chi connectivity index (χ3n) is 2.38. The second kappa shape index (κ2) is 7.53. The molecule has 0 aliphatic heterocycles. The molecule has 0 radical (unpaired) electrons. The minimum absolute atomic E-state index is 0.00308. The average molecular weight is 317 g/mol. The molecule has 0 saturated heterocycles. The van der Waals surface area contributed by atoms with Gasteiger partial charge in [0.25, 0.3) is 5.69 Å². The van der Waals surface area contributed by atoms with Crippen molar-refractivity contribution in [1.82, 2.24) is 4.98 Å². The summed E-state index contributed by atoms with van der Waals surface area (Å²) in [6.45, 7) is 3.09. The van der Waals surface area contributed by atoms with Gasteiger partial charge in [-0.05, 0) is 19.9 Å². The average Bonchev–Trinajstić information content (AvgIpc) is 2.39. The Morgan fingerprint density at radius 2 is 1.81 bits per heavy atom. The number of halogens is 1. The molecule has 21 heavy (non-hydrogen) atoms. The van der Waals surface area contributed by atoms with E-state index >= 15 is 0 Å². The number of pyridine rings is 1. The van der Waals surface area contributed by atoms with E-state index in [1.807, 2.05) is 0 Å². The predicted octanol–water partition coefficient (Wildman–Crippen LogP) is 1.85. The van der Waals surface area contributed by atoms with Gasteiger partial charge in [0.05, 0.1) is 18.1 Å². The lowest BCUT2D eigenvalue weighted by atomic mass is 10.0. The number of esters is 2. The number of carbonyl (C=O) groups excluding carboxylic acids is 2. The van der Waals surface area contributed by atoms with Crippen LogP contribution >= 0.6 is 11.6 Å². The lowest BCUT2D eigenvalue weighted by Crippen LogP contribution is -2.27. The van der Waals surface area contributed by atoms with E-state index < -0.39 is 34.2 Å². The second-order valence-electron chi connectivity index (χ2n) is 3.73. The molecule has 8 nitrogen and oxygen atoms in total. The molecule has 0 aromatic carbocycles. The number of aromatic nitrogens is 1. The van der Waals surface area contributed by atoms with E-state index in [1.54, 1.807) is 13.8 Å². The molecule has 0 N–H and O–H groups in total. The van der Waals surface area contributed by atoms with Gasteiger partial charge in [-0.3, -0.25) is 19.7 Å². The van der Waals surface area contributed by atoms with Crippen LogP contribution in [-0.4, -0.2) is 35.1 Å². The summed E-state index contributed by atoms with van der Waals surface area (Å²) in [7, 11) is 0. The summed E-state index contributed by atoms with van der Waals surface area (Å²) in [5.41, 5.74) is -0.907. The first-order valence-electron chi connectivity index (χ1n) is 6.06. The topological polar surface area (TPSA) is 109 Å². The molecule has 1 rings (SSSR count). The number of ether oxygens (including phenoxy) is 2. The van der Waals surface area contributed by atoms with Crippen molar-refractivity contribution in [1.29, 1.82) is 0 Å². The number of carbonyl (C=O) groups is 2. The van der Waals surface area contributed by atoms with Crippen molar-refractivity contribution >= 4 is 29.2 Å². The van der Waals surface area contributed by atoms with Crippen LogP contribution in [0, 0.1) is 10.1 Å². The maximum atomic E-state index is 11.9. The maximum Gasteiger partial charge on any atom is 0.326 e. The Morgan fingerprint density at radius 3 is 2.24 bits per heavy atom. The van der Waals surface area contributed by atoms with E-state index in [-0.39, 0.29) is 18.4 Å². The third-order valence-corrected chi connectivity index (χ3v) is 2.59. The first kappa shape index (κ1) is 16.8. The maximum absolute atomic E-state index is 11.9. The zero-order chi connectivity index (χ0) is 16.0. The standard InChI is InChI=1S/C12H13ClN2O6/c1-3-20-11(16)9(12(17)21-4-2)10-7(15(18)19)5-6-8(13)14-10/h5-6,9H,3-4H2,1-2H3. The van der Waals surface area contributed by atoms with Gasteiger partial charge >= 0.3 is 11.9 Å². The largest absolute Gasteiger partial charge is 0.465 e. The van der Waals surface area contributed by atoms with Crippen molar-refractivity contribution in [2.24, 2.45) is 0 Å². The van der Waals surface area contributed by atoms with Crippen LogP contribution in [0.3, 0.4) is 0 Å². The fraction of sp³-hybridized carbons (Fsp3) is 0.417. The zero-order valence-electron chi connectivity index (χ0n) is 11.4. The van der Waals surface area contributed by atoms with Crippen LogP contribution in [0.1, 0.15) is 25.5 Å². The molecule has 0 unspecified atom stereocenters. The SMILES string of the molecule is CCOC(=O)C(C(=O)OCC)c1nc(Cl)ccc1[N+](=O)[O-]. The molecule has 0 spiro atoms. The molecular weight excluding hydrogens is 304 g/mol. The van der Waals surface area contributed by atoms with Gasteiger partial charge in [-0.25, -0.2) is 4.98 Å². The Kier molecular flexibility index (Phi) is 6.04. The number of rotatable bonds is 6. The van der Waals surface area contributed by atoms with Gasteiger partial charge in [0.15, 0.2) is 0 Å². The van der Waals surface area contributed by atoms with Crippen LogP contribution in [0.25, 0.3) is 0 Å². The molecule has 1 aromatic heterocycles. The minimum Gasteiger partial charge on any atom is -0.465 e. The van der Waals surface area contributed by atoms with Crippen LogP contribution < -0.4 is 0 Å². The normalized spacial score (nSPS) is 10.3. The van der Waals surface area contributed by atoms with E-state index in [9.17, 15) is 19.7 Å². The first-order chi connectivity index (χ1) is 9.92. The lowest BCUT2D eigenvalue weighted by molar-refractivity contribution is -0.386. The predicted molar refractivity (Wildman–Crippen MR) is 71.9 cm³/mol. The molecule has 0 aliphatic carbocycles. The lowest BCUT2D eigenvalue weighted by Gasteiger charge is -2.14. The van der Waals surface area contributed by atoms with Gasteiger partial charge < -0.3 is 9.47 Å². The van der Waals surface area contributed by atoms with Gasteiger partial charge in [0, 0.05) is 6.07 Å². The van der Waals surface area contributed by atoms with Gasteiger partial charge in [0.1, 0.15) is 10.8 Å². The van der Waals surface area contributed by atoms with E-state index in [4.69, 9.17) is 21.1 Å². The number of nitrogens with zero attached hydrogens (tertiary/aromatic N) is 2. The van der Waals surface area contributed by atoms with E-state index in [0.29, 0.717) is 0 Å². The van der Waals surface area contributed by atoms with Gasteiger partial charge in [0.2, 0.25) is 5.92 Å². The second-order valence-corrected chi connectivity index (χ2v) is 4.12. The zero-order valence-corrected chi connectivity index (χ0v) is 12.1. The van der Waals surface area contributed by atoms with Crippen LogP contribution in [0.5, 0.6) is 0 Å². The first-order valence-corrected chi connectivity index (χ1v) is 6.44. The number of nitro groups is 1. The molecule has 0 atom stereocenters. The molecular formula is C12H13ClN2O6. The van der Waals surface area contributed by atoms with Gasteiger partial charge in [-0.15, -0.1) is 0 Å². The summed E-state index contributed by atoms with van der Waals surface area (Å²) in [6, 6.07) is 2.26. The van der Waals surface area contributed by atoms with Crippen LogP contribution in [0.2, 0.25) is 5.15 Å². The van der Waals surface area contributed by atoms with Crippen molar-refractivity contribution in [3.05, 3.63) is 33.1 Å². The highest BCUT2D eigenvalue weighted by Crippen LogP contribution is 2.28. The van der Waals surface area contributed by atoms with Crippen molar-refractivity contribution in [2.75, 3.05) is 13.2 Å². The van der Waals surface area contributed by atoms with E-state index in [2.05, 4.69) is 4.98 Å². The molecule has 1 heterocycles. The quantitative estimate of drug-likeness (QED) is 0.259. The van der Waals surface area contributed by atoms with E-state index in [1.165, 1.54) is 6.07 Å². The number of hydrogen-bond donors (Lipinski definition) is 0. The smallest absolute Gasteiger partial charge is 0.326 e. The Bertz CT molecular complexity index is 545. The monoisotopic (exact) mass is 316 g/mol. The third kappa shape index (κ3) is 4.12. The molecule has 114 valence electrons. The van der Waals surface area contributed by atoms with Crippen molar-refractivity contribution in [3.8, 4) is 0 Å². The molecule has 0 bridgehead atoms. The van der Waals surface area contributed by atoms with E-state index in [0.717, 1.165) is 6.07 Å². The molecule has 9 heteroatoms. The molecule has 1 aromatic rings. The molecule has 0 fully saturated rings. The summed E-state index contributed by atoms with van der Waals surface area (Å²) >= 11 is 5.69. The molecule has 0 saturated carbocycles. The molecule has 0 aliphatic rings. The summed E-state index contributed by atoms with van der Waals surface area (Å²) in [5.74, 6) is -3.60. The number of hydrogen-bond acceptors (Lipinski definition) is 7. The Balaban J connectivity index is 3.37. The minimum atomic E-state index is -1.65. The van der Waals surface area contributed by atoms with Gasteiger partial charge in [-0.2, -0.15) is 0 Å². The fourth-order valence-electron chi connectivity index (χ4n) is 1.58. The summed E-state index contributed by atoms with van der Waals surface area (Å²) in [4.78, 5) is 37.8. The highest BCUT2D eigenvalue weighted by atomic mass is 35.5. The Labute approximate surface area is 125 Å². The highest BCUT2D eigenvalue weighted by molar-refractivity contribution is 6.29. The highest BCUT2D eigenvalue weighted by Gasteiger charge is 2.38. The Hall–Kier alpha value is -2.22. The van der Waals surface area contributed by atoms with Crippen LogP contribution in [-0.2, 0) is 19.1 Å². The van der Waals surface area contributed by atoms with Crippen LogP contribution in [0.4, 0.5) is 5.69 Å². The summed E-state index contributed by atoms with van der Waals surface area (Å²) in [5, 5.41) is 10.9. The Morgan fingerprint density at radius 1 is 1.29 bits per heavy atom. The van der Waals surface area contributed by atoms with Crippen LogP contribution in [0.15, 0.2) is 12.1 Å². The summed E-state index contributed by atoms with van der Waals surface area (Å²) in [6.07, 6.45) is 0. The van der Waals surface area contributed by atoms with Gasteiger partial charge in [-0.1, -0.05) is 11.6 Å². The van der Waals surface area contributed by atoms with Crippen molar-refractivity contribution < 1.29 is 24.0 Å². The van der Waals surface area contributed by atoms with Crippen molar-refractivity contribution in [2.45, 2.75) is 19.8 Å². The fourth-order valence-corrected chi connectivity index (χ4v) is 1.73. The summed E-state index contributed by atoms with van der Waals surface area (Å²) < 4.78 is 9.51. The molecule has 0 amide bonds. The van der Waals surface area contributed by atoms with Crippen molar-refractivity contribution in [3.63, 3.8) is 0 Å².